The molecule has 1 aromatic carbocycles. The van der Waals surface area contributed by atoms with Crippen LogP contribution >= 0.6 is 0 Å². The molecule has 1 fully saturated rings. The van der Waals surface area contributed by atoms with Gasteiger partial charge < -0.3 is 15.0 Å². The Morgan fingerprint density at radius 2 is 1.84 bits per heavy atom. The number of benzene rings is 1. The minimum Gasteiger partial charge on any atom is -0.356 e. The van der Waals surface area contributed by atoms with E-state index < -0.39 is 12.1 Å². The molecule has 1 aliphatic rings. The molecule has 2 rings (SSSR count). The molecule has 0 bridgehead atoms. The van der Waals surface area contributed by atoms with Crippen LogP contribution in [0.3, 0.4) is 0 Å². The molecular weight excluding hydrogens is 316 g/mol. The standard InChI is InChI=1S/C20H30N2O3/c1-6-20(7-2,8-3)21-19(24)18-17(22(5)16(23)13-25-18)15-12-10-9-11-14(15)4/h9-12,17-18H,6-8,13H2,1-5H3,(H,21,24)/t17-,18+/m1/s1. The number of carbonyl (C=O) groups excluding carboxylic acids is 2. The van der Waals surface area contributed by atoms with E-state index in [1.54, 1.807) is 11.9 Å². The Hall–Kier alpha value is -1.88. The van der Waals surface area contributed by atoms with Crippen molar-refractivity contribution in [2.75, 3.05) is 13.7 Å². The number of ether oxygens (including phenoxy) is 1. The smallest absolute Gasteiger partial charge is 0.252 e. The molecule has 0 saturated carbocycles. The number of nitrogens with zero attached hydrogens (tertiary/aromatic N) is 1. The Balaban J connectivity index is 2.35. The Labute approximate surface area is 150 Å². The molecule has 1 aliphatic heterocycles. The maximum Gasteiger partial charge on any atom is 0.252 e. The van der Waals surface area contributed by atoms with Gasteiger partial charge in [-0.1, -0.05) is 45.0 Å². The van der Waals surface area contributed by atoms with Crippen molar-refractivity contribution in [2.45, 2.75) is 64.6 Å². The van der Waals surface area contributed by atoms with Crippen LogP contribution in [0.5, 0.6) is 0 Å². The summed E-state index contributed by atoms with van der Waals surface area (Å²) in [5.41, 5.74) is 1.77. The van der Waals surface area contributed by atoms with Gasteiger partial charge in [0, 0.05) is 12.6 Å². The summed E-state index contributed by atoms with van der Waals surface area (Å²) in [5.74, 6) is -0.247. The van der Waals surface area contributed by atoms with Gasteiger partial charge in [0.15, 0.2) is 6.10 Å². The molecule has 5 nitrogen and oxygen atoms in total. The second kappa shape index (κ2) is 8.00. The van der Waals surface area contributed by atoms with E-state index in [1.807, 2.05) is 31.2 Å². The normalized spacial score (nSPS) is 21.3. The van der Waals surface area contributed by atoms with E-state index in [2.05, 4.69) is 26.1 Å². The average Bonchev–Trinajstić information content (AvgIpc) is 2.62. The number of hydrogen-bond donors (Lipinski definition) is 1. The van der Waals surface area contributed by atoms with Crippen LogP contribution in [0.25, 0.3) is 0 Å². The third-order valence-electron chi connectivity index (χ3n) is 5.67. The summed E-state index contributed by atoms with van der Waals surface area (Å²) >= 11 is 0. The first-order valence-electron chi connectivity index (χ1n) is 9.14. The second-order valence-electron chi connectivity index (χ2n) is 6.87. The molecule has 0 unspecified atom stereocenters. The first-order valence-corrected chi connectivity index (χ1v) is 9.14. The van der Waals surface area contributed by atoms with E-state index in [0.29, 0.717) is 0 Å². The molecule has 2 atom stereocenters. The van der Waals surface area contributed by atoms with Crippen molar-refractivity contribution in [3.63, 3.8) is 0 Å². The quantitative estimate of drug-likeness (QED) is 0.861. The first kappa shape index (κ1) is 19.4. The fourth-order valence-electron chi connectivity index (χ4n) is 3.57. The van der Waals surface area contributed by atoms with Gasteiger partial charge in [0.1, 0.15) is 6.61 Å². The number of nitrogens with one attached hydrogen (secondary N) is 1. The van der Waals surface area contributed by atoms with Gasteiger partial charge in [0.25, 0.3) is 5.91 Å². The maximum atomic E-state index is 13.1. The molecule has 0 aliphatic carbocycles. The van der Waals surface area contributed by atoms with Crippen molar-refractivity contribution < 1.29 is 14.3 Å². The predicted octanol–water partition coefficient (Wildman–Crippen LogP) is 2.98. The van der Waals surface area contributed by atoms with E-state index in [0.717, 1.165) is 30.4 Å². The van der Waals surface area contributed by atoms with E-state index in [9.17, 15) is 9.59 Å². The van der Waals surface area contributed by atoms with Gasteiger partial charge in [0.05, 0.1) is 6.04 Å². The monoisotopic (exact) mass is 346 g/mol. The molecule has 2 amide bonds. The highest BCUT2D eigenvalue weighted by molar-refractivity contribution is 5.86. The summed E-state index contributed by atoms with van der Waals surface area (Å²) in [6.07, 6.45) is 1.89. The molecule has 0 radical (unpaired) electrons. The van der Waals surface area contributed by atoms with E-state index in [1.165, 1.54) is 0 Å². The van der Waals surface area contributed by atoms with Gasteiger partial charge in [-0.2, -0.15) is 0 Å². The van der Waals surface area contributed by atoms with Gasteiger partial charge in [-0.3, -0.25) is 9.59 Å². The summed E-state index contributed by atoms with van der Waals surface area (Å²) in [6.45, 7) is 8.19. The van der Waals surface area contributed by atoms with Crippen LogP contribution in [0.1, 0.15) is 57.2 Å². The maximum absolute atomic E-state index is 13.1. The highest BCUT2D eigenvalue weighted by Gasteiger charge is 2.42. The van der Waals surface area contributed by atoms with Gasteiger partial charge in [-0.05, 0) is 37.3 Å². The van der Waals surface area contributed by atoms with E-state index >= 15 is 0 Å². The average molecular weight is 346 g/mol. The zero-order valence-corrected chi connectivity index (χ0v) is 16.0. The van der Waals surface area contributed by atoms with Gasteiger partial charge in [-0.15, -0.1) is 0 Å². The second-order valence-corrected chi connectivity index (χ2v) is 6.87. The fourth-order valence-corrected chi connectivity index (χ4v) is 3.57. The third-order valence-corrected chi connectivity index (χ3v) is 5.67. The summed E-state index contributed by atoms with van der Waals surface area (Å²) in [6, 6.07) is 7.43. The first-order chi connectivity index (χ1) is 11.9. The summed E-state index contributed by atoms with van der Waals surface area (Å²) in [4.78, 5) is 26.9. The van der Waals surface area contributed by atoms with Crippen LogP contribution < -0.4 is 5.32 Å². The van der Waals surface area contributed by atoms with Crippen molar-refractivity contribution in [1.29, 1.82) is 0 Å². The third kappa shape index (κ3) is 3.87. The summed E-state index contributed by atoms with van der Waals surface area (Å²) < 4.78 is 5.72. The number of carbonyl (C=O) groups is 2. The van der Waals surface area contributed by atoms with Crippen molar-refractivity contribution in [3.8, 4) is 0 Å². The van der Waals surface area contributed by atoms with Gasteiger partial charge >= 0.3 is 0 Å². The van der Waals surface area contributed by atoms with Crippen molar-refractivity contribution in [1.82, 2.24) is 10.2 Å². The Morgan fingerprint density at radius 1 is 1.24 bits per heavy atom. The topological polar surface area (TPSA) is 58.6 Å². The van der Waals surface area contributed by atoms with E-state index in [-0.39, 0.29) is 24.0 Å². The number of aryl methyl sites for hydroxylation is 1. The van der Waals surface area contributed by atoms with E-state index in [4.69, 9.17) is 4.74 Å². The van der Waals surface area contributed by atoms with Crippen molar-refractivity contribution >= 4 is 11.8 Å². The van der Waals surface area contributed by atoms with Gasteiger partial charge in [0.2, 0.25) is 5.91 Å². The van der Waals surface area contributed by atoms with Crippen molar-refractivity contribution in [3.05, 3.63) is 35.4 Å². The molecule has 0 aromatic heterocycles. The Kier molecular flexibility index (Phi) is 6.22. The fraction of sp³-hybridized carbons (Fsp3) is 0.600. The number of likely N-dealkylation sites (N-methyl/N-ethyl adjacent to an activating group) is 1. The minimum atomic E-state index is -0.701. The molecule has 1 N–H and O–H groups in total. The molecular formula is C20H30N2O3. The Morgan fingerprint density at radius 3 is 2.40 bits per heavy atom. The predicted molar refractivity (Wildman–Crippen MR) is 98.2 cm³/mol. The number of hydrogen-bond acceptors (Lipinski definition) is 3. The van der Waals surface area contributed by atoms with Gasteiger partial charge in [-0.25, -0.2) is 0 Å². The number of amides is 2. The molecule has 1 saturated heterocycles. The number of rotatable bonds is 6. The Bertz CT molecular complexity index is 617. The van der Waals surface area contributed by atoms with Crippen LogP contribution in [0, 0.1) is 6.92 Å². The molecule has 5 heteroatoms. The zero-order valence-electron chi connectivity index (χ0n) is 16.0. The highest BCUT2D eigenvalue weighted by Crippen LogP contribution is 2.32. The largest absolute Gasteiger partial charge is 0.356 e. The van der Waals surface area contributed by atoms with Crippen LogP contribution in [-0.4, -0.2) is 42.0 Å². The SMILES string of the molecule is CCC(CC)(CC)NC(=O)[C@H]1OCC(=O)N(C)[C@@H]1c1ccccc1C. The van der Waals surface area contributed by atoms with Crippen LogP contribution in [0.2, 0.25) is 0 Å². The molecule has 138 valence electrons. The van der Waals surface area contributed by atoms with Crippen LogP contribution in [0.15, 0.2) is 24.3 Å². The lowest BCUT2D eigenvalue weighted by Crippen LogP contribution is -2.57. The highest BCUT2D eigenvalue weighted by atomic mass is 16.5. The van der Waals surface area contributed by atoms with Crippen LogP contribution in [-0.2, 0) is 14.3 Å². The zero-order chi connectivity index (χ0) is 18.6. The van der Waals surface area contributed by atoms with Crippen molar-refractivity contribution in [2.24, 2.45) is 0 Å². The summed E-state index contributed by atoms with van der Waals surface area (Å²) in [5, 5.41) is 3.20. The molecule has 1 heterocycles. The lowest BCUT2D eigenvalue weighted by Gasteiger charge is -2.41. The lowest BCUT2D eigenvalue weighted by atomic mass is 9.88. The molecule has 1 aromatic rings. The number of morpholine rings is 1. The summed E-state index contributed by atoms with van der Waals surface area (Å²) in [7, 11) is 1.74. The molecule has 0 spiro atoms. The molecule has 25 heavy (non-hydrogen) atoms. The lowest BCUT2D eigenvalue weighted by molar-refractivity contribution is -0.163. The van der Waals surface area contributed by atoms with Crippen LogP contribution in [0.4, 0.5) is 0 Å². The minimum absolute atomic E-state index is 0.0612.